The minimum atomic E-state index is -0.804. The van der Waals surface area contributed by atoms with Crippen molar-refractivity contribution in [1.29, 1.82) is 0 Å². The first kappa shape index (κ1) is 18.0. The Bertz CT molecular complexity index is 1060. The predicted molar refractivity (Wildman–Crippen MR) is 103 cm³/mol. The van der Waals surface area contributed by atoms with Crippen LogP contribution in [-0.2, 0) is 4.79 Å². The first-order chi connectivity index (χ1) is 13.5. The SMILES string of the molecule is COc1ccc2[nH]c(C(=O)N3CCNC(=O)C3c3ccc(F)cc3)c(C)c2c1. The van der Waals surface area contributed by atoms with Crippen LogP contribution in [0.15, 0.2) is 42.5 Å². The molecule has 0 radical (unpaired) electrons. The van der Waals surface area contributed by atoms with Gasteiger partial charge in [0.15, 0.2) is 0 Å². The van der Waals surface area contributed by atoms with E-state index < -0.39 is 11.9 Å². The maximum atomic E-state index is 13.4. The quantitative estimate of drug-likeness (QED) is 0.733. The summed E-state index contributed by atoms with van der Waals surface area (Å²) in [4.78, 5) is 30.6. The summed E-state index contributed by atoms with van der Waals surface area (Å²) < 4.78 is 18.6. The molecule has 1 saturated heterocycles. The Balaban J connectivity index is 1.74. The summed E-state index contributed by atoms with van der Waals surface area (Å²) in [6.07, 6.45) is 0. The summed E-state index contributed by atoms with van der Waals surface area (Å²) in [5.74, 6) is -0.230. The summed E-state index contributed by atoms with van der Waals surface area (Å²) in [7, 11) is 1.59. The number of hydrogen-bond acceptors (Lipinski definition) is 3. The smallest absolute Gasteiger partial charge is 0.271 e. The molecule has 0 aliphatic carbocycles. The number of H-pyrrole nitrogens is 1. The molecule has 144 valence electrons. The molecule has 2 N–H and O–H groups in total. The number of aromatic nitrogens is 1. The van der Waals surface area contributed by atoms with Gasteiger partial charge in [-0.05, 0) is 48.4 Å². The zero-order valence-electron chi connectivity index (χ0n) is 15.6. The molecule has 2 amide bonds. The molecular formula is C21H20FN3O3. The lowest BCUT2D eigenvalue weighted by Crippen LogP contribution is -2.52. The zero-order valence-corrected chi connectivity index (χ0v) is 15.6. The standard InChI is InChI=1S/C21H20FN3O3/c1-12-16-11-15(28-2)7-8-17(16)24-18(12)21(27)25-10-9-23-20(26)19(25)13-3-5-14(22)6-4-13/h3-8,11,19,24H,9-10H2,1-2H3,(H,23,26). The van der Waals surface area contributed by atoms with Gasteiger partial charge in [-0.25, -0.2) is 4.39 Å². The number of fused-ring (bicyclic) bond motifs is 1. The van der Waals surface area contributed by atoms with Gasteiger partial charge in [0.25, 0.3) is 5.91 Å². The van der Waals surface area contributed by atoms with Crippen LogP contribution in [0.5, 0.6) is 5.75 Å². The molecule has 1 aliphatic heterocycles. The van der Waals surface area contributed by atoms with Crippen LogP contribution in [0.25, 0.3) is 10.9 Å². The van der Waals surface area contributed by atoms with E-state index in [-0.39, 0.29) is 11.8 Å². The van der Waals surface area contributed by atoms with Gasteiger partial charge in [-0.1, -0.05) is 12.1 Å². The Kier molecular flexibility index (Phi) is 4.50. The van der Waals surface area contributed by atoms with Crippen molar-refractivity contribution in [3.8, 4) is 5.75 Å². The minimum absolute atomic E-state index is 0.267. The molecule has 6 nitrogen and oxygen atoms in total. The number of methoxy groups -OCH3 is 1. The number of nitrogens with one attached hydrogen (secondary N) is 2. The third-order valence-corrected chi connectivity index (χ3v) is 5.14. The van der Waals surface area contributed by atoms with Crippen molar-refractivity contribution in [2.45, 2.75) is 13.0 Å². The third kappa shape index (κ3) is 2.98. The molecular weight excluding hydrogens is 361 g/mol. The molecule has 2 aromatic carbocycles. The summed E-state index contributed by atoms with van der Waals surface area (Å²) >= 11 is 0. The van der Waals surface area contributed by atoms with Gasteiger partial charge >= 0.3 is 0 Å². The minimum Gasteiger partial charge on any atom is -0.497 e. The number of aryl methyl sites for hydroxylation is 1. The monoisotopic (exact) mass is 381 g/mol. The van der Waals surface area contributed by atoms with Crippen molar-refractivity contribution in [1.82, 2.24) is 15.2 Å². The van der Waals surface area contributed by atoms with Gasteiger partial charge in [0.05, 0.1) is 7.11 Å². The number of aromatic amines is 1. The molecule has 0 saturated carbocycles. The van der Waals surface area contributed by atoms with Crippen LogP contribution in [0.3, 0.4) is 0 Å². The average molecular weight is 381 g/mol. The van der Waals surface area contributed by atoms with Crippen molar-refractivity contribution in [3.05, 3.63) is 65.1 Å². The Morgan fingerprint density at radius 1 is 1.21 bits per heavy atom. The van der Waals surface area contributed by atoms with E-state index in [1.807, 2.05) is 25.1 Å². The maximum absolute atomic E-state index is 13.4. The average Bonchev–Trinajstić information content (AvgIpc) is 3.04. The number of carbonyl (C=O) groups is 2. The number of benzene rings is 2. The first-order valence-electron chi connectivity index (χ1n) is 9.00. The van der Waals surface area contributed by atoms with Gasteiger partial charge in [0, 0.05) is 24.0 Å². The van der Waals surface area contributed by atoms with Crippen LogP contribution >= 0.6 is 0 Å². The van der Waals surface area contributed by atoms with Crippen molar-refractivity contribution in [2.24, 2.45) is 0 Å². The Hall–Kier alpha value is -3.35. The molecule has 28 heavy (non-hydrogen) atoms. The second-order valence-electron chi connectivity index (χ2n) is 6.78. The van der Waals surface area contributed by atoms with Crippen LogP contribution in [0.2, 0.25) is 0 Å². The Labute approximate surface area is 161 Å². The second-order valence-corrected chi connectivity index (χ2v) is 6.78. The van der Waals surface area contributed by atoms with Gasteiger partial charge < -0.3 is 19.9 Å². The molecule has 1 aromatic heterocycles. The number of halogens is 1. The first-order valence-corrected chi connectivity index (χ1v) is 9.00. The van der Waals surface area contributed by atoms with Crippen LogP contribution in [0.1, 0.15) is 27.7 Å². The summed E-state index contributed by atoms with van der Waals surface area (Å²) in [6.45, 7) is 2.60. The fourth-order valence-corrected chi connectivity index (χ4v) is 3.65. The lowest BCUT2D eigenvalue weighted by Gasteiger charge is -2.35. The molecule has 1 atom stereocenters. The number of amides is 2. The van der Waals surface area contributed by atoms with Gasteiger partial charge in [-0.3, -0.25) is 9.59 Å². The van der Waals surface area contributed by atoms with Gasteiger partial charge in [0.1, 0.15) is 23.3 Å². The molecule has 0 bridgehead atoms. The molecule has 7 heteroatoms. The summed E-state index contributed by atoms with van der Waals surface area (Å²) in [6, 6.07) is 10.4. The van der Waals surface area contributed by atoms with Crippen LogP contribution in [0, 0.1) is 12.7 Å². The summed E-state index contributed by atoms with van der Waals surface area (Å²) in [5.41, 5.74) is 2.62. The van der Waals surface area contributed by atoms with E-state index >= 15 is 0 Å². The molecule has 2 heterocycles. The zero-order chi connectivity index (χ0) is 19.8. The van der Waals surface area contributed by atoms with Gasteiger partial charge in [0.2, 0.25) is 5.91 Å². The van der Waals surface area contributed by atoms with Crippen LogP contribution < -0.4 is 10.1 Å². The van der Waals surface area contributed by atoms with Gasteiger partial charge in [-0.15, -0.1) is 0 Å². The topological polar surface area (TPSA) is 74.4 Å². The molecule has 3 aromatic rings. The fraction of sp³-hybridized carbons (Fsp3) is 0.238. The van der Waals surface area contributed by atoms with Crippen molar-refractivity contribution < 1.29 is 18.7 Å². The molecule has 4 rings (SSSR count). The molecule has 1 aliphatic rings. The van der Waals surface area contributed by atoms with Crippen molar-refractivity contribution in [2.75, 3.05) is 20.2 Å². The number of nitrogens with zero attached hydrogens (tertiary/aromatic N) is 1. The van der Waals surface area contributed by atoms with E-state index in [9.17, 15) is 14.0 Å². The van der Waals surface area contributed by atoms with E-state index in [1.165, 1.54) is 29.2 Å². The van der Waals surface area contributed by atoms with E-state index in [0.29, 0.717) is 30.1 Å². The van der Waals surface area contributed by atoms with E-state index in [0.717, 1.165) is 16.5 Å². The lowest BCUT2D eigenvalue weighted by molar-refractivity contribution is -0.128. The number of rotatable bonds is 3. The Morgan fingerprint density at radius 3 is 2.68 bits per heavy atom. The number of hydrogen-bond donors (Lipinski definition) is 2. The maximum Gasteiger partial charge on any atom is 0.271 e. The van der Waals surface area contributed by atoms with Crippen LogP contribution in [0.4, 0.5) is 4.39 Å². The van der Waals surface area contributed by atoms with E-state index in [4.69, 9.17) is 4.74 Å². The fourth-order valence-electron chi connectivity index (χ4n) is 3.65. The third-order valence-electron chi connectivity index (χ3n) is 5.14. The Morgan fingerprint density at radius 2 is 1.96 bits per heavy atom. The van der Waals surface area contributed by atoms with E-state index in [2.05, 4.69) is 10.3 Å². The number of piperazine rings is 1. The summed E-state index contributed by atoms with van der Waals surface area (Å²) in [5, 5.41) is 3.68. The molecule has 1 fully saturated rings. The molecule has 0 spiro atoms. The van der Waals surface area contributed by atoms with Gasteiger partial charge in [-0.2, -0.15) is 0 Å². The van der Waals surface area contributed by atoms with E-state index in [1.54, 1.807) is 7.11 Å². The van der Waals surface area contributed by atoms with Crippen molar-refractivity contribution >= 4 is 22.7 Å². The molecule has 1 unspecified atom stereocenters. The second kappa shape index (κ2) is 6.99. The largest absolute Gasteiger partial charge is 0.497 e. The number of ether oxygens (including phenoxy) is 1. The van der Waals surface area contributed by atoms with Crippen LogP contribution in [-0.4, -0.2) is 41.9 Å². The highest BCUT2D eigenvalue weighted by Gasteiger charge is 2.36. The lowest BCUT2D eigenvalue weighted by atomic mass is 10.0. The highest BCUT2D eigenvalue weighted by Crippen LogP contribution is 2.30. The highest BCUT2D eigenvalue weighted by molar-refractivity contribution is 6.03. The predicted octanol–water partition coefficient (Wildman–Crippen LogP) is 2.94. The van der Waals surface area contributed by atoms with Crippen molar-refractivity contribution in [3.63, 3.8) is 0 Å². The highest BCUT2D eigenvalue weighted by atomic mass is 19.1. The normalized spacial score (nSPS) is 16.9. The number of carbonyl (C=O) groups excluding carboxylic acids is 2.